The largest absolute Gasteiger partial charge is 0.293 e. The van der Waals surface area contributed by atoms with Crippen molar-refractivity contribution in [2.45, 2.75) is 13.8 Å². The molecule has 1 unspecified atom stereocenters. The van der Waals surface area contributed by atoms with Gasteiger partial charge in [-0.1, -0.05) is 13.8 Å². The molecule has 0 amide bonds. The van der Waals surface area contributed by atoms with Gasteiger partial charge in [0, 0.05) is 6.07 Å². The van der Waals surface area contributed by atoms with E-state index in [1.54, 1.807) is 13.8 Å². The van der Waals surface area contributed by atoms with Gasteiger partial charge in [0.25, 0.3) is 5.69 Å². The third-order valence-corrected chi connectivity index (χ3v) is 2.52. The van der Waals surface area contributed by atoms with Crippen molar-refractivity contribution in [2.24, 2.45) is 11.8 Å². The van der Waals surface area contributed by atoms with E-state index in [-0.39, 0.29) is 11.5 Å². The van der Waals surface area contributed by atoms with Gasteiger partial charge in [-0.25, -0.2) is 4.39 Å². The predicted molar refractivity (Wildman–Crippen MR) is 61.3 cm³/mol. The zero-order valence-corrected chi connectivity index (χ0v) is 9.88. The second kappa shape index (κ2) is 5.36. The van der Waals surface area contributed by atoms with Gasteiger partial charge in [-0.15, -0.1) is 0 Å². The number of hydrogen-bond acceptors (Lipinski definition) is 4. The van der Waals surface area contributed by atoms with Gasteiger partial charge in [0.15, 0.2) is 5.78 Å². The lowest BCUT2D eigenvalue weighted by Crippen LogP contribution is -2.19. The lowest BCUT2D eigenvalue weighted by atomic mass is 9.89. The number of non-ortho nitro benzene ring substituents is 1. The van der Waals surface area contributed by atoms with Gasteiger partial charge in [0.1, 0.15) is 11.7 Å². The van der Waals surface area contributed by atoms with E-state index in [0.717, 1.165) is 12.1 Å². The number of nitriles is 1. The highest BCUT2D eigenvalue weighted by molar-refractivity contribution is 5.99. The van der Waals surface area contributed by atoms with Crippen LogP contribution in [0.15, 0.2) is 18.2 Å². The number of ketones is 1. The number of hydrogen-bond donors (Lipinski definition) is 0. The van der Waals surface area contributed by atoms with Crippen LogP contribution in [0.3, 0.4) is 0 Å². The summed E-state index contributed by atoms with van der Waals surface area (Å²) < 4.78 is 13.6. The number of carbonyl (C=O) groups is 1. The zero-order valence-electron chi connectivity index (χ0n) is 9.88. The quantitative estimate of drug-likeness (QED) is 0.467. The summed E-state index contributed by atoms with van der Waals surface area (Å²) in [7, 11) is 0. The van der Waals surface area contributed by atoms with Crippen LogP contribution in [-0.4, -0.2) is 10.7 Å². The first-order chi connectivity index (χ1) is 8.38. The minimum absolute atomic E-state index is 0.253. The highest BCUT2D eigenvalue weighted by Crippen LogP contribution is 2.22. The van der Waals surface area contributed by atoms with E-state index in [0.29, 0.717) is 6.07 Å². The first-order valence-corrected chi connectivity index (χ1v) is 5.26. The van der Waals surface area contributed by atoms with Crippen LogP contribution < -0.4 is 0 Å². The van der Waals surface area contributed by atoms with E-state index < -0.39 is 28.1 Å². The summed E-state index contributed by atoms with van der Waals surface area (Å²) in [6, 6.07) is 4.59. The van der Waals surface area contributed by atoms with Crippen molar-refractivity contribution in [1.82, 2.24) is 0 Å². The summed E-state index contributed by atoms with van der Waals surface area (Å²) in [5.41, 5.74) is -0.719. The van der Waals surface area contributed by atoms with Crippen LogP contribution in [0.25, 0.3) is 0 Å². The number of Topliss-reactive ketones (excluding diaryl/α,β-unsaturated/α-hetero) is 1. The van der Waals surface area contributed by atoms with Gasteiger partial charge in [-0.2, -0.15) is 5.26 Å². The Morgan fingerprint density at radius 2 is 2.11 bits per heavy atom. The standard InChI is InChI=1S/C12H11FN2O3/c1-7(2)10(6-14)12(16)9-4-3-8(15(17)18)5-11(9)13/h3-5,7,10H,1-2H3. The Morgan fingerprint density at radius 3 is 2.50 bits per heavy atom. The molecular formula is C12H11FN2O3. The Hall–Kier alpha value is -2.29. The van der Waals surface area contributed by atoms with Gasteiger partial charge in [-0.3, -0.25) is 14.9 Å². The van der Waals surface area contributed by atoms with Crippen molar-refractivity contribution in [1.29, 1.82) is 5.26 Å². The molecule has 0 N–H and O–H groups in total. The first kappa shape index (κ1) is 13.8. The van der Waals surface area contributed by atoms with Crippen LogP contribution in [-0.2, 0) is 0 Å². The smallest absolute Gasteiger partial charge is 0.272 e. The molecular weight excluding hydrogens is 239 g/mol. The fourth-order valence-electron chi connectivity index (χ4n) is 1.50. The van der Waals surface area contributed by atoms with Crippen LogP contribution in [0.2, 0.25) is 0 Å². The average Bonchev–Trinajstić information content (AvgIpc) is 2.28. The topological polar surface area (TPSA) is 84.0 Å². The van der Waals surface area contributed by atoms with Crippen molar-refractivity contribution < 1.29 is 14.1 Å². The number of nitro benzene ring substituents is 1. The monoisotopic (exact) mass is 250 g/mol. The molecule has 0 spiro atoms. The van der Waals surface area contributed by atoms with E-state index in [2.05, 4.69) is 0 Å². The summed E-state index contributed by atoms with van der Waals surface area (Å²) in [6.07, 6.45) is 0. The van der Waals surface area contributed by atoms with Crippen molar-refractivity contribution in [3.8, 4) is 6.07 Å². The summed E-state index contributed by atoms with van der Waals surface area (Å²) in [4.78, 5) is 21.6. The molecule has 1 aromatic rings. The molecule has 0 aliphatic carbocycles. The van der Waals surface area contributed by atoms with Gasteiger partial charge in [-0.05, 0) is 12.0 Å². The minimum Gasteiger partial charge on any atom is -0.293 e. The van der Waals surface area contributed by atoms with Gasteiger partial charge in [0.05, 0.1) is 22.6 Å². The molecule has 0 radical (unpaired) electrons. The number of carbonyl (C=O) groups excluding carboxylic acids is 1. The van der Waals surface area contributed by atoms with E-state index in [1.807, 2.05) is 6.07 Å². The summed E-state index contributed by atoms with van der Waals surface area (Å²) >= 11 is 0. The SMILES string of the molecule is CC(C)C(C#N)C(=O)c1ccc([N+](=O)[O-])cc1F. The number of nitro groups is 1. The number of nitrogens with zero attached hydrogens (tertiary/aromatic N) is 2. The van der Waals surface area contributed by atoms with E-state index in [4.69, 9.17) is 5.26 Å². The fraction of sp³-hybridized carbons (Fsp3) is 0.333. The maximum atomic E-state index is 13.6. The maximum absolute atomic E-state index is 13.6. The number of halogens is 1. The van der Waals surface area contributed by atoms with Crippen molar-refractivity contribution in [3.05, 3.63) is 39.7 Å². The van der Waals surface area contributed by atoms with Crippen LogP contribution in [0.1, 0.15) is 24.2 Å². The maximum Gasteiger partial charge on any atom is 0.272 e. The molecule has 0 aliphatic rings. The zero-order chi connectivity index (χ0) is 13.9. The fourth-order valence-corrected chi connectivity index (χ4v) is 1.50. The number of rotatable bonds is 4. The van der Waals surface area contributed by atoms with E-state index in [1.165, 1.54) is 0 Å². The highest BCUT2D eigenvalue weighted by Gasteiger charge is 2.26. The molecule has 1 rings (SSSR count). The molecule has 0 bridgehead atoms. The number of benzene rings is 1. The van der Waals surface area contributed by atoms with Crippen LogP contribution in [0, 0.1) is 39.1 Å². The summed E-state index contributed by atoms with van der Waals surface area (Å²) in [6.45, 7) is 3.35. The second-order valence-electron chi connectivity index (χ2n) is 4.14. The third kappa shape index (κ3) is 2.69. The van der Waals surface area contributed by atoms with Crippen molar-refractivity contribution >= 4 is 11.5 Å². The van der Waals surface area contributed by atoms with E-state index in [9.17, 15) is 19.3 Å². The van der Waals surface area contributed by atoms with Crippen LogP contribution >= 0.6 is 0 Å². The average molecular weight is 250 g/mol. The Labute approximate surface area is 103 Å². The van der Waals surface area contributed by atoms with Gasteiger partial charge < -0.3 is 0 Å². The Kier molecular flexibility index (Phi) is 4.10. The Balaban J connectivity index is 3.16. The molecule has 18 heavy (non-hydrogen) atoms. The second-order valence-corrected chi connectivity index (χ2v) is 4.14. The molecule has 5 nitrogen and oxygen atoms in total. The molecule has 94 valence electrons. The molecule has 6 heteroatoms. The first-order valence-electron chi connectivity index (χ1n) is 5.26. The molecule has 0 aliphatic heterocycles. The van der Waals surface area contributed by atoms with Crippen LogP contribution in [0.4, 0.5) is 10.1 Å². The Morgan fingerprint density at radius 1 is 1.50 bits per heavy atom. The normalized spacial score (nSPS) is 11.9. The molecule has 0 saturated carbocycles. The molecule has 0 saturated heterocycles. The lowest BCUT2D eigenvalue weighted by Gasteiger charge is -2.11. The lowest BCUT2D eigenvalue weighted by molar-refractivity contribution is -0.385. The van der Waals surface area contributed by atoms with Crippen LogP contribution in [0.5, 0.6) is 0 Å². The molecule has 1 atom stereocenters. The Bertz CT molecular complexity index is 535. The molecule has 0 heterocycles. The predicted octanol–water partition coefficient (Wildman–Crippen LogP) is 2.71. The summed E-state index contributed by atoms with van der Waals surface area (Å²) in [5, 5.41) is 19.3. The third-order valence-electron chi connectivity index (χ3n) is 2.52. The highest BCUT2D eigenvalue weighted by atomic mass is 19.1. The minimum atomic E-state index is -0.977. The molecule has 1 aromatic carbocycles. The molecule has 0 aromatic heterocycles. The van der Waals surface area contributed by atoms with Crippen molar-refractivity contribution in [3.63, 3.8) is 0 Å². The van der Waals surface area contributed by atoms with Gasteiger partial charge >= 0.3 is 0 Å². The van der Waals surface area contributed by atoms with E-state index >= 15 is 0 Å². The van der Waals surface area contributed by atoms with Gasteiger partial charge in [0.2, 0.25) is 0 Å². The molecule has 0 fully saturated rings. The van der Waals surface area contributed by atoms with Crippen molar-refractivity contribution in [2.75, 3.05) is 0 Å². The summed E-state index contributed by atoms with van der Waals surface area (Å²) in [5.74, 6) is -2.84.